The maximum absolute atomic E-state index is 14.3. The van der Waals surface area contributed by atoms with E-state index in [4.69, 9.17) is 16.3 Å². The van der Waals surface area contributed by atoms with Crippen molar-refractivity contribution >= 4 is 29.5 Å². The molecule has 3 rings (SSSR count). The van der Waals surface area contributed by atoms with E-state index in [9.17, 15) is 18.7 Å². The zero-order valence-corrected chi connectivity index (χ0v) is 16.0. The van der Waals surface area contributed by atoms with Crippen molar-refractivity contribution < 1.29 is 23.4 Å². The molecule has 0 aliphatic carbocycles. The lowest BCUT2D eigenvalue weighted by molar-refractivity contribution is 0.125. The summed E-state index contributed by atoms with van der Waals surface area (Å²) in [5.41, 5.74) is 0.580. The molecular weight excluding hydrogens is 394 g/mol. The summed E-state index contributed by atoms with van der Waals surface area (Å²) in [6.07, 6.45) is -0.419. The van der Waals surface area contributed by atoms with Crippen molar-refractivity contribution in [2.45, 2.75) is 38.5 Å². The van der Waals surface area contributed by atoms with Gasteiger partial charge in [-0.25, -0.2) is 23.5 Å². The lowest BCUT2D eigenvalue weighted by Crippen LogP contribution is -2.43. The van der Waals surface area contributed by atoms with Crippen molar-refractivity contribution in [2.75, 3.05) is 16.8 Å². The first-order valence-electron chi connectivity index (χ1n) is 8.69. The quantitative estimate of drug-likeness (QED) is 0.752. The van der Waals surface area contributed by atoms with Gasteiger partial charge in [0.1, 0.15) is 18.5 Å². The third kappa shape index (κ3) is 4.00. The van der Waals surface area contributed by atoms with Gasteiger partial charge in [0, 0.05) is 0 Å². The van der Waals surface area contributed by atoms with Gasteiger partial charge in [0.15, 0.2) is 11.6 Å². The van der Waals surface area contributed by atoms with Gasteiger partial charge in [-0.1, -0.05) is 24.6 Å². The molecule has 7 nitrogen and oxygen atoms in total. The van der Waals surface area contributed by atoms with Crippen molar-refractivity contribution in [3.8, 4) is 0 Å². The molecule has 0 radical (unpaired) electrons. The van der Waals surface area contributed by atoms with Crippen LogP contribution in [0.25, 0.3) is 0 Å². The van der Waals surface area contributed by atoms with E-state index in [2.05, 4.69) is 15.3 Å². The molecule has 28 heavy (non-hydrogen) atoms. The van der Waals surface area contributed by atoms with Crippen LogP contribution in [0.4, 0.5) is 25.3 Å². The molecule has 150 valence electrons. The van der Waals surface area contributed by atoms with E-state index in [1.54, 1.807) is 19.9 Å². The number of carbonyl (C=O) groups excluding carboxylic acids is 1. The number of amides is 1. The molecule has 1 aliphatic heterocycles. The Bertz CT molecular complexity index is 886. The van der Waals surface area contributed by atoms with Crippen molar-refractivity contribution in [1.29, 1.82) is 0 Å². The first-order valence-corrected chi connectivity index (χ1v) is 9.07. The highest BCUT2D eigenvalue weighted by Gasteiger charge is 2.40. The fourth-order valence-electron chi connectivity index (χ4n) is 2.89. The number of benzene rings is 1. The van der Waals surface area contributed by atoms with Gasteiger partial charge in [0.05, 0.1) is 23.4 Å². The second-order valence-corrected chi connectivity index (χ2v) is 6.80. The van der Waals surface area contributed by atoms with Gasteiger partial charge in [-0.3, -0.25) is 0 Å². The normalized spacial score (nSPS) is 18.7. The molecule has 2 aromatic rings. The van der Waals surface area contributed by atoms with Gasteiger partial charge in [0.2, 0.25) is 5.95 Å². The van der Waals surface area contributed by atoms with Crippen LogP contribution in [0.5, 0.6) is 0 Å². The number of aromatic nitrogens is 2. The van der Waals surface area contributed by atoms with E-state index in [0.717, 1.165) is 11.1 Å². The Kier molecular flexibility index (Phi) is 5.95. The maximum Gasteiger partial charge on any atom is 0.416 e. The highest BCUT2D eigenvalue weighted by atomic mass is 35.5. The van der Waals surface area contributed by atoms with Crippen molar-refractivity contribution in [3.05, 3.63) is 46.6 Å². The number of hydrogen-bond donors (Lipinski definition) is 2. The number of hydrogen-bond acceptors (Lipinski definition) is 6. The van der Waals surface area contributed by atoms with Crippen LogP contribution >= 0.6 is 11.6 Å². The second-order valence-electron chi connectivity index (χ2n) is 6.39. The Morgan fingerprint density at radius 2 is 2.18 bits per heavy atom. The largest absolute Gasteiger partial charge is 0.447 e. The summed E-state index contributed by atoms with van der Waals surface area (Å²) in [7, 11) is 0. The lowest BCUT2D eigenvalue weighted by atomic mass is 10.1. The van der Waals surface area contributed by atoms with Crippen LogP contribution in [0, 0.1) is 11.6 Å². The molecule has 10 heteroatoms. The highest BCUT2D eigenvalue weighted by molar-refractivity contribution is 6.30. The second kappa shape index (κ2) is 8.24. The summed E-state index contributed by atoms with van der Waals surface area (Å²) >= 11 is 5.69. The Morgan fingerprint density at radius 1 is 1.43 bits per heavy atom. The highest BCUT2D eigenvalue weighted by Crippen LogP contribution is 2.28. The minimum atomic E-state index is -0.895. The average Bonchev–Trinajstić information content (AvgIpc) is 3.06. The molecule has 2 N–H and O–H groups in total. The van der Waals surface area contributed by atoms with E-state index >= 15 is 0 Å². The first kappa shape index (κ1) is 20.2. The van der Waals surface area contributed by atoms with E-state index in [1.807, 2.05) is 0 Å². The van der Waals surface area contributed by atoms with Gasteiger partial charge < -0.3 is 15.2 Å². The minimum absolute atomic E-state index is 0.00402. The zero-order valence-electron chi connectivity index (χ0n) is 15.2. The average molecular weight is 413 g/mol. The number of cyclic esters (lactones) is 1. The number of aliphatic hydroxyl groups excluding tert-OH is 1. The number of nitrogens with one attached hydrogen (secondary N) is 1. The summed E-state index contributed by atoms with van der Waals surface area (Å²) in [4.78, 5) is 21.0. The molecule has 1 saturated heterocycles. The predicted molar refractivity (Wildman–Crippen MR) is 99.4 cm³/mol. The number of halogens is 3. The number of ether oxygens (including phenoxy) is 1. The van der Waals surface area contributed by atoms with Gasteiger partial charge in [0.25, 0.3) is 0 Å². The van der Waals surface area contributed by atoms with Gasteiger partial charge in [-0.05, 0) is 31.0 Å². The SMILES string of the molecule is CC[C@@H](O)[C@H]1COC(=O)N1c1nc(N[C@@H](C)c2ccc(Cl)c(F)c2)ncc1F. The van der Waals surface area contributed by atoms with E-state index in [1.165, 1.54) is 12.1 Å². The summed E-state index contributed by atoms with van der Waals surface area (Å²) in [6, 6.07) is 3.16. The summed E-state index contributed by atoms with van der Waals surface area (Å²) in [5.74, 6) is -1.66. The van der Waals surface area contributed by atoms with E-state index in [0.29, 0.717) is 12.0 Å². The summed E-state index contributed by atoms with van der Waals surface area (Å²) < 4.78 is 33.0. The first-order chi connectivity index (χ1) is 13.3. The molecule has 0 unspecified atom stereocenters. The number of rotatable bonds is 6. The van der Waals surface area contributed by atoms with Crippen LogP contribution in [0.15, 0.2) is 24.4 Å². The van der Waals surface area contributed by atoms with Crippen molar-refractivity contribution in [3.63, 3.8) is 0 Å². The Balaban J connectivity index is 1.86. The summed E-state index contributed by atoms with van der Waals surface area (Å²) in [6.45, 7) is 3.41. The third-order valence-electron chi connectivity index (χ3n) is 4.51. The molecule has 1 aromatic carbocycles. The molecular formula is C18H19ClF2N4O3. The maximum atomic E-state index is 14.3. The fourth-order valence-corrected chi connectivity index (χ4v) is 3.01. The Hall–Kier alpha value is -2.52. The molecule has 1 amide bonds. The monoisotopic (exact) mass is 412 g/mol. The number of carbonyl (C=O) groups is 1. The molecule has 1 aliphatic rings. The van der Waals surface area contributed by atoms with Crippen LogP contribution in [-0.4, -0.2) is 39.9 Å². The third-order valence-corrected chi connectivity index (χ3v) is 4.82. The summed E-state index contributed by atoms with van der Waals surface area (Å²) in [5, 5.41) is 13.0. The van der Waals surface area contributed by atoms with Crippen LogP contribution in [0.2, 0.25) is 5.02 Å². The van der Waals surface area contributed by atoms with Gasteiger partial charge in [-0.2, -0.15) is 4.98 Å². The minimum Gasteiger partial charge on any atom is -0.447 e. The molecule has 1 fully saturated rings. The van der Waals surface area contributed by atoms with Gasteiger partial charge >= 0.3 is 6.09 Å². The zero-order chi connectivity index (χ0) is 20.4. The van der Waals surface area contributed by atoms with Crippen LogP contribution in [-0.2, 0) is 4.74 Å². The molecule has 0 spiro atoms. The van der Waals surface area contributed by atoms with Crippen molar-refractivity contribution in [1.82, 2.24) is 9.97 Å². The van der Waals surface area contributed by atoms with Crippen LogP contribution in [0.3, 0.4) is 0 Å². The fraction of sp³-hybridized carbons (Fsp3) is 0.389. The van der Waals surface area contributed by atoms with Crippen LogP contribution in [0.1, 0.15) is 31.9 Å². The number of aliphatic hydroxyl groups is 1. The number of nitrogens with zero attached hydrogens (tertiary/aromatic N) is 3. The van der Waals surface area contributed by atoms with E-state index in [-0.39, 0.29) is 23.4 Å². The molecule has 1 aromatic heterocycles. The molecule has 2 heterocycles. The molecule has 0 bridgehead atoms. The van der Waals surface area contributed by atoms with Crippen molar-refractivity contribution in [2.24, 2.45) is 0 Å². The van der Waals surface area contributed by atoms with Crippen LogP contribution < -0.4 is 10.2 Å². The topological polar surface area (TPSA) is 87.6 Å². The molecule has 0 saturated carbocycles. The molecule has 3 atom stereocenters. The van der Waals surface area contributed by atoms with Gasteiger partial charge in [-0.15, -0.1) is 0 Å². The Labute approximate surface area is 165 Å². The van der Waals surface area contributed by atoms with E-state index < -0.39 is 35.9 Å². The Morgan fingerprint density at radius 3 is 2.86 bits per heavy atom. The standard InChI is InChI=1S/C18H19ClF2N4O3/c1-3-15(26)14-8-28-18(27)25(14)16-13(21)7-22-17(24-16)23-9(2)10-4-5-11(19)12(20)6-10/h4-7,9,14-15,26H,3,8H2,1-2H3,(H,22,23,24)/t9-,14+,15+/m0/s1. The number of anilines is 2. The predicted octanol–water partition coefficient (Wildman–Crippen LogP) is 3.68. The lowest BCUT2D eigenvalue weighted by Gasteiger charge is -2.24. The smallest absolute Gasteiger partial charge is 0.416 e.